The van der Waals surface area contributed by atoms with Crippen LogP contribution in [0.3, 0.4) is 0 Å². The molecule has 1 aromatic carbocycles. The summed E-state index contributed by atoms with van der Waals surface area (Å²) < 4.78 is 0. The topological polar surface area (TPSA) is 58.0 Å². The summed E-state index contributed by atoms with van der Waals surface area (Å²) in [6.07, 6.45) is 5.91. The second-order valence-electron chi connectivity index (χ2n) is 7.04. The smallest absolute Gasteiger partial charge is 0.222 e. The Morgan fingerprint density at radius 2 is 1.71 bits per heavy atom. The third-order valence-electron chi connectivity index (χ3n) is 4.57. The molecule has 0 aliphatic heterocycles. The van der Waals surface area contributed by atoms with Gasteiger partial charge in [-0.15, -0.1) is 0 Å². The molecule has 3 rings (SSSR count). The van der Waals surface area contributed by atoms with Crippen LogP contribution in [0, 0.1) is 17.3 Å². The van der Waals surface area contributed by atoms with Crippen molar-refractivity contribution in [1.29, 1.82) is 0 Å². The van der Waals surface area contributed by atoms with E-state index in [1.165, 1.54) is 0 Å². The average Bonchev–Trinajstić information content (AvgIpc) is 2.58. The fourth-order valence-corrected chi connectivity index (χ4v) is 3.06. The van der Waals surface area contributed by atoms with Gasteiger partial charge in [0, 0.05) is 24.0 Å². The predicted molar refractivity (Wildman–Crippen MR) is 95.5 cm³/mol. The molecule has 1 aromatic heterocycles. The molecule has 0 spiro atoms. The van der Waals surface area contributed by atoms with E-state index in [-0.39, 0.29) is 11.5 Å². The largest absolute Gasteiger partial charge is 0.393 e. The fourth-order valence-electron chi connectivity index (χ4n) is 3.06. The van der Waals surface area contributed by atoms with Crippen LogP contribution >= 0.6 is 0 Å². The molecule has 0 amide bonds. The first-order valence-electron chi connectivity index (χ1n) is 8.37. The van der Waals surface area contributed by atoms with Crippen molar-refractivity contribution in [2.75, 3.05) is 5.32 Å². The zero-order valence-corrected chi connectivity index (χ0v) is 14.2. The van der Waals surface area contributed by atoms with Crippen LogP contribution in [0.2, 0.25) is 0 Å². The molecule has 4 nitrogen and oxygen atoms in total. The van der Waals surface area contributed by atoms with E-state index >= 15 is 0 Å². The summed E-state index contributed by atoms with van der Waals surface area (Å²) in [5.74, 6) is 6.80. The number of aromatic nitrogens is 2. The SMILES string of the molecule is CC1(C)C[C@H](Nc2ncc(C#Cc3ccccc3)cn2)CC[C@H]1O. The standard InChI is InChI=1S/C20H23N3O/c1-20(2)12-17(10-11-18(20)24)23-19-21-13-16(14-22-19)9-8-15-6-4-3-5-7-15/h3-7,13-14,17-18,24H,10-12H2,1-2H3,(H,21,22,23)/t17-,18-/m1/s1. The molecule has 0 bridgehead atoms. The van der Waals surface area contributed by atoms with Crippen LogP contribution in [0.15, 0.2) is 42.7 Å². The third kappa shape index (κ3) is 4.12. The Morgan fingerprint density at radius 1 is 1.04 bits per heavy atom. The van der Waals surface area contributed by atoms with Gasteiger partial charge < -0.3 is 10.4 Å². The molecule has 124 valence electrons. The number of aliphatic hydroxyl groups excluding tert-OH is 1. The zero-order valence-electron chi connectivity index (χ0n) is 14.2. The Kier molecular flexibility index (Phi) is 4.82. The summed E-state index contributed by atoms with van der Waals surface area (Å²) >= 11 is 0. The minimum atomic E-state index is -0.230. The molecule has 1 heterocycles. The van der Waals surface area contributed by atoms with Crippen molar-refractivity contribution < 1.29 is 5.11 Å². The summed E-state index contributed by atoms with van der Waals surface area (Å²) in [4.78, 5) is 8.73. The minimum absolute atomic E-state index is 0.0724. The molecule has 24 heavy (non-hydrogen) atoms. The maximum Gasteiger partial charge on any atom is 0.222 e. The van der Waals surface area contributed by atoms with Crippen LogP contribution < -0.4 is 5.32 Å². The van der Waals surface area contributed by atoms with Crippen molar-refractivity contribution in [3.05, 3.63) is 53.9 Å². The number of nitrogens with one attached hydrogen (secondary N) is 1. The van der Waals surface area contributed by atoms with Gasteiger partial charge in [0.05, 0.1) is 11.7 Å². The summed E-state index contributed by atoms with van der Waals surface area (Å²) in [6, 6.07) is 10.2. The van der Waals surface area contributed by atoms with E-state index in [1.807, 2.05) is 30.3 Å². The lowest BCUT2D eigenvalue weighted by molar-refractivity contribution is 0.00922. The van der Waals surface area contributed by atoms with Gasteiger partial charge in [0.25, 0.3) is 0 Å². The summed E-state index contributed by atoms with van der Waals surface area (Å²) in [7, 11) is 0. The highest BCUT2D eigenvalue weighted by Gasteiger charge is 2.35. The summed E-state index contributed by atoms with van der Waals surface area (Å²) in [6.45, 7) is 4.21. The minimum Gasteiger partial charge on any atom is -0.393 e. The van der Waals surface area contributed by atoms with E-state index in [0.717, 1.165) is 30.4 Å². The summed E-state index contributed by atoms with van der Waals surface area (Å²) in [5.41, 5.74) is 1.70. The van der Waals surface area contributed by atoms with Crippen LogP contribution in [0.4, 0.5) is 5.95 Å². The number of nitrogens with zero attached hydrogens (tertiary/aromatic N) is 2. The molecule has 0 saturated heterocycles. The molecule has 2 N–H and O–H groups in total. The Morgan fingerprint density at radius 3 is 2.38 bits per heavy atom. The fraction of sp³-hybridized carbons (Fsp3) is 0.400. The number of benzene rings is 1. The second-order valence-corrected chi connectivity index (χ2v) is 7.04. The lowest BCUT2D eigenvalue weighted by atomic mass is 9.73. The van der Waals surface area contributed by atoms with Gasteiger partial charge in [-0.05, 0) is 36.8 Å². The predicted octanol–water partition coefficient (Wildman–Crippen LogP) is 3.23. The molecule has 1 fully saturated rings. The van der Waals surface area contributed by atoms with Crippen molar-refractivity contribution in [2.24, 2.45) is 5.41 Å². The van der Waals surface area contributed by atoms with Crippen LogP contribution in [0.1, 0.15) is 44.2 Å². The van der Waals surface area contributed by atoms with Gasteiger partial charge in [-0.2, -0.15) is 0 Å². The Hall–Kier alpha value is -2.38. The molecule has 2 aromatic rings. The van der Waals surface area contributed by atoms with Gasteiger partial charge in [0.2, 0.25) is 5.95 Å². The Balaban J connectivity index is 1.62. The van der Waals surface area contributed by atoms with E-state index in [9.17, 15) is 5.11 Å². The van der Waals surface area contributed by atoms with Crippen LogP contribution in [0.5, 0.6) is 0 Å². The molecule has 1 saturated carbocycles. The molecule has 0 radical (unpaired) electrons. The first-order valence-corrected chi connectivity index (χ1v) is 8.37. The van der Waals surface area contributed by atoms with Crippen LogP contribution in [-0.2, 0) is 0 Å². The van der Waals surface area contributed by atoms with Crippen LogP contribution in [-0.4, -0.2) is 27.2 Å². The van der Waals surface area contributed by atoms with E-state index < -0.39 is 0 Å². The number of aliphatic hydroxyl groups is 1. The number of rotatable bonds is 2. The van der Waals surface area contributed by atoms with Crippen molar-refractivity contribution >= 4 is 5.95 Å². The molecule has 0 unspecified atom stereocenters. The van der Waals surface area contributed by atoms with E-state index in [1.54, 1.807) is 12.4 Å². The van der Waals surface area contributed by atoms with Gasteiger partial charge in [-0.1, -0.05) is 43.9 Å². The molecule has 1 aliphatic rings. The van der Waals surface area contributed by atoms with Crippen molar-refractivity contribution in [1.82, 2.24) is 9.97 Å². The van der Waals surface area contributed by atoms with E-state index in [4.69, 9.17) is 0 Å². The zero-order chi connectivity index (χ0) is 17.0. The molecule has 4 heteroatoms. The molecular weight excluding hydrogens is 298 g/mol. The second kappa shape index (κ2) is 7.02. The van der Waals surface area contributed by atoms with Crippen molar-refractivity contribution in [2.45, 2.75) is 45.3 Å². The summed E-state index contributed by atoms with van der Waals surface area (Å²) in [5, 5.41) is 13.4. The van der Waals surface area contributed by atoms with Gasteiger partial charge in [0.1, 0.15) is 0 Å². The monoisotopic (exact) mass is 321 g/mol. The maximum absolute atomic E-state index is 10.0. The highest BCUT2D eigenvalue weighted by Crippen LogP contribution is 2.36. The third-order valence-corrected chi connectivity index (χ3v) is 4.57. The van der Waals surface area contributed by atoms with Gasteiger partial charge >= 0.3 is 0 Å². The van der Waals surface area contributed by atoms with Crippen molar-refractivity contribution in [3.63, 3.8) is 0 Å². The van der Waals surface area contributed by atoms with Gasteiger partial charge in [-0.25, -0.2) is 9.97 Å². The quantitative estimate of drug-likeness (QED) is 0.834. The molecular formula is C20H23N3O. The van der Waals surface area contributed by atoms with Gasteiger partial charge in [-0.3, -0.25) is 0 Å². The number of hydrogen-bond donors (Lipinski definition) is 2. The van der Waals surface area contributed by atoms with Crippen LogP contribution in [0.25, 0.3) is 0 Å². The maximum atomic E-state index is 10.0. The Labute approximate surface area is 143 Å². The van der Waals surface area contributed by atoms with Gasteiger partial charge in [0.15, 0.2) is 0 Å². The first-order chi connectivity index (χ1) is 11.5. The number of anilines is 1. The van der Waals surface area contributed by atoms with E-state index in [2.05, 4.69) is 41.0 Å². The highest BCUT2D eigenvalue weighted by atomic mass is 16.3. The lowest BCUT2D eigenvalue weighted by Crippen LogP contribution is -2.41. The average molecular weight is 321 g/mol. The molecule has 2 atom stereocenters. The molecule has 1 aliphatic carbocycles. The van der Waals surface area contributed by atoms with Crippen molar-refractivity contribution in [3.8, 4) is 11.8 Å². The highest BCUT2D eigenvalue weighted by molar-refractivity contribution is 5.42. The lowest BCUT2D eigenvalue weighted by Gasteiger charge is -2.39. The normalized spacial score (nSPS) is 22.3. The first kappa shape index (κ1) is 16.5. The number of hydrogen-bond acceptors (Lipinski definition) is 4. The Bertz CT molecular complexity index is 729. The van der Waals surface area contributed by atoms with E-state index in [0.29, 0.717) is 12.0 Å².